The summed E-state index contributed by atoms with van der Waals surface area (Å²) in [5.41, 5.74) is 2.80. The Bertz CT molecular complexity index is 713. The molecule has 0 bridgehead atoms. The maximum absolute atomic E-state index is 11.1. The number of carbonyl (C=O) groups excluding carboxylic acids is 1. The van der Waals surface area contributed by atoms with Gasteiger partial charge in [-0.25, -0.2) is 0 Å². The summed E-state index contributed by atoms with van der Waals surface area (Å²) in [6.45, 7) is 0. The van der Waals surface area contributed by atoms with Crippen molar-refractivity contribution in [3.63, 3.8) is 0 Å². The Kier molecular flexibility index (Phi) is 2.76. The first-order valence-electron chi connectivity index (χ1n) is 5.61. The van der Waals surface area contributed by atoms with E-state index in [1.807, 2.05) is 59.3 Å². The van der Waals surface area contributed by atoms with Crippen molar-refractivity contribution >= 4 is 33.1 Å². The van der Waals surface area contributed by atoms with E-state index in [4.69, 9.17) is 0 Å². The maximum atomic E-state index is 11.1. The molecule has 0 aliphatic heterocycles. The number of rotatable bonds is 2. The third kappa shape index (κ3) is 1.77. The second kappa shape index (κ2) is 4.42. The Labute approximate surface area is 113 Å². The fourth-order valence-corrected chi connectivity index (χ4v) is 2.38. The van der Waals surface area contributed by atoms with Gasteiger partial charge in [-0.3, -0.25) is 4.79 Å². The molecule has 0 spiro atoms. The molecule has 88 valence electrons. The van der Waals surface area contributed by atoms with E-state index in [1.165, 1.54) is 0 Å². The molecule has 0 N–H and O–H groups in total. The minimum Gasteiger partial charge on any atom is -0.316 e. The molecule has 2 aromatic carbocycles. The predicted octanol–water partition coefficient (Wildman–Crippen LogP) is 4.21. The monoisotopic (exact) mass is 299 g/mol. The Morgan fingerprint density at radius 1 is 1.00 bits per heavy atom. The molecular formula is C15H10BrNO. The fourth-order valence-electron chi connectivity index (χ4n) is 2.12. The van der Waals surface area contributed by atoms with Gasteiger partial charge in [0, 0.05) is 27.3 Å². The minimum atomic E-state index is 0.716. The molecule has 0 atom stereocenters. The summed E-state index contributed by atoms with van der Waals surface area (Å²) >= 11 is 3.42. The zero-order chi connectivity index (χ0) is 12.5. The van der Waals surface area contributed by atoms with Gasteiger partial charge in [-0.2, -0.15) is 0 Å². The lowest BCUT2D eigenvalue weighted by atomic mass is 10.2. The van der Waals surface area contributed by atoms with E-state index in [9.17, 15) is 4.79 Å². The van der Waals surface area contributed by atoms with Crippen LogP contribution in [0.5, 0.6) is 0 Å². The number of aromatic nitrogens is 1. The maximum Gasteiger partial charge on any atom is 0.152 e. The van der Waals surface area contributed by atoms with E-state index < -0.39 is 0 Å². The average Bonchev–Trinajstić information content (AvgIpc) is 2.79. The first kappa shape index (κ1) is 11.2. The highest BCUT2D eigenvalue weighted by atomic mass is 79.9. The molecule has 0 unspecified atom stereocenters. The smallest absolute Gasteiger partial charge is 0.152 e. The van der Waals surface area contributed by atoms with Crippen LogP contribution < -0.4 is 0 Å². The van der Waals surface area contributed by atoms with Gasteiger partial charge in [0.25, 0.3) is 0 Å². The lowest BCUT2D eigenvalue weighted by Crippen LogP contribution is -1.90. The molecular weight excluding hydrogens is 290 g/mol. The number of fused-ring (bicyclic) bond motifs is 1. The van der Waals surface area contributed by atoms with Crippen molar-refractivity contribution in [1.29, 1.82) is 0 Å². The van der Waals surface area contributed by atoms with Crippen LogP contribution in [0.1, 0.15) is 10.4 Å². The molecule has 0 saturated carbocycles. The van der Waals surface area contributed by atoms with Crippen LogP contribution in [0.2, 0.25) is 0 Å². The first-order valence-corrected chi connectivity index (χ1v) is 6.40. The second-order valence-electron chi connectivity index (χ2n) is 4.07. The SMILES string of the molecule is O=Cc1cn(-c2ccc(Br)cc2)c2ccccc12. The Morgan fingerprint density at radius 3 is 2.44 bits per heavy atom. The van der Waals surface area contributed by atoms with Crippen LogP contribution in [0.3, 0.4) is 0 Å². The van der Waals surface area contributed by atoms with Crippen molar-refractivity contribution < 1.29 is 4.79 Å². The van der Waals surface area contributed by atoms with Gasteiger partial charge in [-0.05, 0) is 30.3 Å². The molecule has 3 rings (SSSR count). The zero-order valence-electron chi connectivity index (χ0n) is 9.51. The van der Waals surface area contributed by atoms with Crippen LogP contribution in [0, 0.1) is 0 Å². The van der Waals surface area contributed by atoms with Crippen molar-refractivity contribution in [2.45, 2.75) is 0 Å². The standard InChI is InChI=1S/C15H10BrNO/c16-12-5-7-13(8-6-12)17-9-11(10-18)14-3-1-2-4-15(14)17/h1-10H. The lowest BCUT2D eigenvalue weighted by molar-refractivity contribution is 0.112. The van der Waals surface area contributed by atoms with Crippen molar-refractivity contribution in [2.75, 3.05) is 0 Å². The Balaban J connectivity index is 2.29. The number of benzene rings is 2. The van der Waals surface area contributed by atoms with E-state index >= 15 is 0 Å². The van der Waals surface area contributed by atoms with Gasteiger partial charge < -0.3 is 4.57 Å². The summed E-state index contributed by atoms with van der Waals surface area (Å²) < 4.78 is 3.07. The van der Waals surface area contributed by atoms with Crippen molar-refractivity contribution in [1.82, 2.24) is 4.57 Å². The number of para-hydroxylation sites is 1. The highest BCUT2D eigenvalue weighted by molar-refractivity contribution is 9.10. The number of nitrogens with zero attached hydrogens (tertiary/aromatic N) is 1. The molecule has 3 heteroatoms. The highest BCUT2D eigenvalue weighted by Gasteiger charge is 2.08. The van der Waals surface area contributed by atoms with E-state index in [-0.39, 0.29) is 0 Å². The molecule has 1 aromatic heterocycles. The van der Waals surface area contributed by atoms with Crippen LogP contribution >= 0.6 is 15.9 Å². The number of carbonyl (C=O) groups is 1. The van der Waals surface area contributed by atoms with Gasteiger partial charge in [-0.1, -0.05) is 34.1 Å². The van der Waals surface area contributed by atoms with Gasteiger partial charge in [0.2, 0.25) is 0 Å². The number of hydrogen-bond donors (Lipinski definition) is 0. The van der Waals surface area contributed by atoms with Crippen LogP contribution in [-0.4, -0.2) is 10.9 Å². The van der Waals surface area contributed by atoms with Gasteiger partial charge >= 0.3 is 0 Å². The lowest BCUT2D eigenvalue weighted by Gasteiger charge is -2.05. The summed E-state index contributed by atoms with van der Waals surface area (Å²) in [7, 11) is 0. The van der Waals surface area contributed by atoms with Crippen LogP contribution in [0.15, 0.2) is 59.2 Å². The third-order valence-electron chi connectivity index (χ3n) is 2.97. The van der Waals surface area contributed by atoms with Gasteiger partial charge in [0.1, 0.15) is 0 Å². The molecule has 1 heterocycles. The molecule has 18 heavy (non-hydrogen) atoms. The molecule has 0 saturated heterocycles. The van der Waals surface area contributed by atoms with E-state index in [2.05, 4.69) is 15.9 Å². The summed E-state index contributed by atoms with van der Waals surface area (Å²) in [4.78, 5) is 11.1. The Morgan fingerprint density at radius 2 is 1.72 bits per heavy atom. The largest absolute Gasteiger partial charge is 0.316 e. The second-order valence-corrected chi connectivity index (χ2v) is 4.98. The molecule has 0 radical (unpaired) electrons. The van der Waals surface area contributed by atoms with Crippen LogP contribution in [-0.2, 0) is 0 Å². The van der Waals surface area contributed by atoms with Gasteiger partial charge in [0.05, 0.1) is 5.52 Å². The molecule has 0 aliphatic carbocycles. The number of aldehydes is 1. The average molecular weight is 300 g/mol. The topological polar surface area (TPSA) is 22.0 Å². The Hall–Kier alpha value is -1.87. The molecule has 3 aromatic rings. The van der Waals surface area contributed by atoms with Crippen LogP contribution in [0.4, 0.5) is 0 Å². The number of hydrogen-bond acceptors (Lipinski definition) is 1. The molecule has 0 aliphatic rings. The normalized spacial score (nSPS) is 10.7. The van der Waals surface area contributed by atoms with Crippen molar-refractivity contribution in [3.8, 4) is 5.69 Å². The van der Waals surface area contributed by atoms with E-state index in [0.29, 0.717) is 5.56 Å². The summed E-state index contributed by atoms with van der Waals surface area (Å²) in [6.07, 6.45) is 2.78. The minimum absolute atomic E-state index is 0.716. The summed E-state index contributed by atoms with van der Waals surface area (Å²) in [5, 5.41) is 0.982. The first-order chi connectivity index (χ1) is 8.79. The molecule has 0 fully saturated rings. The quantitative estimate of drug-likeness (QED) is 0.650. The zero-order valence-corrected chi connectivity index (χ0v) is 11.1. The van der Waals surface area contributed by atoms with Gasteiger partial charge in [0.15, 0.2) is 6.29 Å². The van der Waals surface area contributed by atoms with E-state index in [0.717, 1.165) is 27.3 Å². The van der Waals surface area contributed by atoms with Crippen molar-refractivity contribution in [2.24, 2.45) is 0 Å². The van der Waals surface area contributed by atoms with Crippen LogP contribution in [0.25, 0.3) is 16.6 Å². The highest BCUT2D eigenvalue weighted by Crippen LogP contribution is 2.24. The summed E-state index contributed by atoms with van der Waals surface area (Å²) in [6, 6.07) is 15.9. The number of halogens is 1. The molecule has 0 amide bonds. The molecule has 2 nitrogen and oxygen atoms in total. The van der Waals surface area contributed by atoms with Crippen molar-refractivity contribution in [3.05, 3.63) is 64.8 Å². The van der Waals surface area contributed by atoms with E-state index in [1.54, 1.807) is 0 Å². The third-order valence-corrected chi connectivity index (χ3v) is 3.50. The summed E-state index contributed by atoms with van der Waals surface area (Å²) in [5.74, 6) is 0. The predicted molar refractivity (Wildman–Crippen MR) is 76.4 cm³/mol. The van der Waals surface area contributed by atoms with Gasteiger partial charge in [-0.15, -0.1) is 0 Å². The fraction of sp³-hybridized carbons (Fsp3) is 0.